The van der Waals surface area contributed by atoms with E-state index in [-0.39, 0.29) is 23.9 Å². The Hall–Kier alpha value is -2.66. The van der Waals surface area contributed by atoms with E-state index in [1.807, 2.05) is 20.1 Å². The maximum absolute atomic E-state index is 14.1. The number of alkyl carbamates (subject to hydrolysis) is 1. The number of hydrogen-bond acceptors (Lipinski definition) is 5. The maximum Gasteiger partial charge on any atom is 0.408 e. The van der Waals surface area contributed by atoms with Crippen LogP contribution < -0.4 is 10.6 Å². The summed E-state index contributed by atoms with van der Waals surface area (Å²) in [6, 6.07) is 5.26. The quantitative estimate of drug-likeness (QED) is 0.415. The third-order valence-electron chi connectivity index (χ3n) is 6.28. The molecule has 1 aromatic carbocycles. The molecule has 2 rings (SSSR count). The van der Waals surface area contributed by atoms with Gasteiger partial charge in [-0.2, -0.15) is 11.8 Å². The third kappa shape index (κ3) is 9.62. The summed E-state index contributed by atoms with van der Waals surface area (Å²) in [7, 11) is 0. The molecule has 1 fully saturated rings. The fraction of sp³-hybridized carbons (Fsp3) is 0.621. The predicted octanol–water partition coefficient (Wildman–Crippen LogP) is 5.04. The molecule has 0 heterocycles. The van der Waals surface area contributed by atoms with Gasteiger partial charge in [-0.05, 0) is 83.6 Å². The Morgan fingerprint density at radius 2 is 1.76 bits per heavy atom. The molecule has 1 aliphatic rings. The molecule has 0 aliphatic heterocycles. The lowest BCUT2D eigenvalue weighted by Crippen LogP contribution is -2.56. The van der Waals surface area contributed by atoms with Crippen molar-refractivity contribution in [1.29, 1.82) is 0 Å². The largest absolute Gasteiger partial charge is 0.444 e. The van der Waals surface area contributed by atoms with Crippen LogP contribution in [0.5, 0.6) is 0 Å². The molecule has 1 saturated carbocycles. The van der Waals surface area contributed by atoms with Gasteiger partial charge in [-0.15, -0.1) is 6.42 Å². The van der Waals surface area contributed by atoms with Crippen LogP contribution >= 0.6 is 11.8 Å². The van der Waals surface area contributed by atoms with Crippen molar-refractivity contribution in [2.75, 3.05) is 12.0 Å². The summed E-state index contributed by atoms with van der Waals surface area (Å²) < 4.78 is 5.43. The highest BCUT2D eigenvalue weighted by Crippen LogP contribution is 2.27. The summed E-state index contributed by atoms with van der Waals surface area (Å²) >= 11 is 1.59. The Labute approximate surface area is 226 Å². The van der Waals surface area contributed by atoms with Gasteiger partial charge in [0.25, 0.3) is 0 Å². The number of rotatable bonds is 10. The minimum absolute atomic E-state index is 0.0880. The summed E-state index contributed by atoms with van der Waals surface area (Å²) in [5.41, 5.74) is 0.674. The van der Waals surface area contributed by atoms with Gasteiger partial charge >= 0.3 is 6.09 Å². The second kappa shape index (κ2) is 14.3. The first-order valence-corrected chi connectivity index (χ1v) is 14.5. The zero-order valence-electron chi connectivity index (χ0n) is 23.1. The van der Waals surface area contributed by atoms with Crippen LogP contribution in [0.1, 0.15) is 90.3 Å². The van der Waals surface area contributed by atoms with Crippen molar-refractivity contribution in [2.45, 2.75) is 103 Å². The number of benzene rings is 1. The van der Waals surface area contributed by atoms with Crippen molar-refractivity contribution in [3.8, 4) is 12.3 Å². The van der Waals surface area contributed by atoms with Crippen molar-refractivity contribution >= 4 is 29.7 Å². The molecular weight excluding hydrogens is 486 g/mol. The lowest BCUT2D eigenvalue weighted by molar-refractivity contribution is -0.145. The average molecular weight is 530 g/mol. The fourth-order valence-corrected chi connectivity index (χ4v) is 5.00. The van der Waals surface area contributed by atoms with E-state index in [1.54, 1.807) is 61.7 Å². The first kappa shape index (κ1) is 30.6. The van der Waals surface area contributed by atoms with Crippen LogP contribution in [0.3, 0.4) is 0 Å². The highest BCUT2D eigenvalue weighted by molar-refractivity contribution is 7.98. The van der Waals surface area contributed by atoms with Crippen molar-refractivity contribution < 1.29 is 19.1 Å². The topological polar surface area (TPSA) is 87.7 Å². The molecule has 2 N–H and O–H groups in total. The van der Waals surface area contributed by atoms with E-state index in [0.717, 1.165) is 25.7 Å². The van der Waals surface area contributed by atoms with E-state index >= 15 is 0 Å². The number of carbonyl (C=O) groups is 3. The maximum atomic E-state index is 14.1. The average Bonchev–Trinajstić information content (AvgIpc) is 2.84. The highest BCUT2D eigenvalue weighted by atomic mass is 32.2. The van der Waals surface area contributed by atoms with Crippen molar-refractivity contribution in [3.05, 3.63) is 35.4 Å². The Balaban J connectivity index is 2.43. The number of ether oxygens (including phenoxy) is 1. The Morgan fingerprint density at radius 3 is 2.27 bits per heavy atom. The first-order chi connectivity index (χ1) is 17.5. The molecule has 2 atom stereocenters. The van der Waals surface area contributed by atoms with Crippen molar-refractivity contribution in [2.24, 2.45) is 0 Å². The summed E-state index contributed by atoms with van der Waals surface area (Å²) in [4.78, 5) is 42.1. The van der Waals surface area contributed by atoms with Gasteiger partial charge in [0.05, 0.1) is 0 Å². The van der Waals surface area contributed by atoms with E-state index in [4.69, 9.17) is 11.2 Å². The van der Waals surface area contributed by atoms with E-state index < -0.39 is 23.8 Å². The molecule has 1 aliphatic carbocycles. The van der Waals surface area contributed by atoms with E-state index in [1.165, 1.54) is 6.42 Å². The van der Waals surface area contributed by atoms with Crippen molar-refractivity contribution in [1.82, 2.24) is 15.5 Å². The van der Waals surface area contributed by atoms with E-state index in [9.17, 15) is 14.4 Å². The second-order valence-electron chi connectivity index (χ2n) is 10.8. The first-order valence-electron chi connectivity index (χ1n) is 13.1. The number of terminal acetylenes is 1. The molecule has 7 nitrogen and oxygen atoms in total. The molecule has 0 aromatic heterocycles. The molecule has 0 radical (unpaired) electrons. The molecule has 3 amide bonds. The van der Waals surface area contributed by atoms with Gasteiger partial charge in [-0.25, -0.2) is 4.79 Å². The lowest BCUT2D eigenvalue weighted by Gasteiger charge is -2.38. The molecule has 0 saturated heterocycles. The number of nitrogens with one attached hydrogen (secondary N) is 2. The molecule has 2 unspecified atom stereocenters. The third-order valence-corrected chi connectivity index (χ3v) is 6.93. The van der Waals surface area contributed by atoms with Crippen LogP contribution in [0.2, 0.25) is 0 Å². The zero-order valence-corrected chi connectivity index (χ0v) is 24.0. The highest BCUT2D eigenvalue weighted by Gasteiger charge is 2.38. The SMILES string of the molecule is C#Cc1ccc(C(C(=O)NC2CCCCC2)N(C(=O)C(CCSC)NC(=O)OC(C)(C)C)C(C)C)cc1. The Morgan fingerprint density at radius 1 is 1.14 bits per heavy atom. The molecular formula is C29H43N3O4S. The van der Waals surface area contributed by atoms with Crippen molar-refractivity contribution in [3.63, 3.8) is 0 Å². The fourth-order valence-electron chi connectivity index (χ4n) is 4.53. The van der Waals surface area contributed by atoms with Gasteiger partial charge in [0.2, 0.25) is 11.8 Å². The van der Waals surface area contributed by atoms with Gasteiger partial charge in [0.15, 0.2) is 0 Å². The minimum atomic E-state index is -0.863. The summed E-state index contributed by atoms with van der Waals surface area (Å²) in [5, 5.41) is 5.97. The van der Waals surface area contributed by atoms with E-state index in [2.05, 4.69) is 16.6 Å². The normalized spacial score (nSPS) is 15.8. The standard InChI is InChI=1S/C29H43N3O4S/c1-8-21-14-16-22(17-15-21)25(26(33)30-23-12-10-9-11-13-23)32(20(2)3)27(34)24(18-19-37-7)31-28(35)36-29(4,5)6/h1,14-17,20,23-25H,9-13,18-19H2,2-7H3,(H,30,33)(H,31,35). The monoisotopic (exact) mass is 529 g/mol. The van der Waals surface area contributed by atoms with Crippen LogP contribution in [-0.4, -0.2) is 58.5 Å². The minimum Gasteiger partial charge on any atom is -0.444 e. The van der Waals surface area contributed by atoms with Gasteiger partial charge in [0, 0.05) is 17.6 Å². The Bertz CT molecular complexity index is 943. The van der Waals surface area contributed by atoms with Gasteiger partial charge in [-0.1, -0.05) is 37.3 Å². The molecule has 0 spiro atoms. The molecule has 1 aromatic rings. The van der Waals surface area contributed by atoms with Crippen LogP contribution in [0.15, 0.2) is 24.3 Å². The molecule has 204 valence electrons. The number of carbonyl (C=O) groups excluding carboxylic acids is 3. The van der Waals surface area contributed by atoms with Gasteiger partial charge in [-0.3, -0.25) is 9.59 Å². The molecule has 37 heavy (non-hydrogen) atoms. The molecule has 0 bridgehead atoms. The lowest BCUT2D eigenvalue weighted by atomic mass is 9.94. The molecule has 8 heteroatoms. The zero-order chi connectivity index (χ0) is 27.6. The van der Waals surface area contributed by atoms with Crippen LogP contribution in [0, 0.1) is 12.3 Å². The second-order valence-corrected chi connectivity index (χ2v) is 11.8. The number of thioether (sulfide) groups is 1. The predicted molar refractivity (Wildman–Crippen MR) is 150 cm³/mol. The van der Waals surface area contributed by atoms with E-state index in [0.29, 0.717) is 23.3 Å². The number of hydrogen-bond donors (Lipinski definition) is 2. The smallest absolute Gasteiger partial charge is 0.408 e. The van der Waals surface area contributed by atoms with Crippen LogP contribution in [-0.2, 0) is 14.3 Å². The Kier molecular flexibility index (Phi) is 11.8. The summed E-state index contributed by atoms with van der Waals surface area (Å²) in [6.07, 6.45) is 12.4. The number of amides is 3. The summed E-state index contributed by atoms with van der Waals surface area (Å²) in [6.45, 7) is 9.09. The van der Waals surface area contributed by atoms with Gasteiger partial charge in [0.1, 0.15) is 17.7 Å². The van der Waals surface area contributed by atoms with Crippen LogP contribution in [0.4, 0.5) is 4.79 Å². The van der Waals surface area contributed by atoms with Gasteiger partial charge < -0.3 is 20.3 Å². The number of nitrogens with zero attached hydrogens (tertiary/aromatic N) is 1. The van der Waals surface area contributed by atoms with Crippen LogP contribution in [0.25, 0.3) is 0 Å². The summed E-state index contributed by atoms with van der Waals surface area (Å²) in [5.74, 6) is 2.72.